The molecule has 4 heteroatoms. The van der Waals surface area contributed by atoms with Crippen LogP contribution in [0.25, 0.3) is 0 Å². The molecule has 3 nitrogen and oxygen atoms in total. The molecule has 0 heterocycles. The fraction of sp³-hybridized carbons (Fsp3) is 0.250. The molecular formula is C8H11BrN2O. The Morgan fingerprint density at radius 3 is 2.75 bits per heavy atom. The van der Waals surface area contributed by atoms with E-state index in [-0.39, 0.29) is 11.8 Å². The molecule has 0 saturated carbocycles. The summed E-state index contributed by atoms with van der Waals surface area (Å²) in [6.45, 7) is 1.88. The van der Waals surface area contributed by atoms with Crippen LogP contribution in [-0.2, 0) is 0 Å². The average Bonchev–Trinajstić information content (AvgIpc) is 2.03. The zero-order valence-corrected chi connectivity index (χ0v) is 8.30. The maximum atomic E-state index is 9.47. The highest BCUT2D eigenvalue weighted by Crippen LogP contribution is 2.26. The van der Waals surface area contributed by atoms with Crippen molar-refractivity contribution in [3.05, 3.63) is 28.2 Å². The average molecular weight is 231 g/mol. The van der Waals surface area contributed by atoms with Gasteiger partial charge in [-0.3, -0.25) is 11.3 Å². The summed E-state index contributed by atoms with van der Waals surface area (Å²) >= 11 is 3.26. The Balaban J connectivity index is 3.01. The van der Waals surface area contributed by atoms with Gasteiger partial charge < -0.3 is 5.11 Å². The van der Waals surface area contributed by atoms with Gasteiger partial charge in [0.25, 0.3) is 0 Å². The summed E-state index contributed by atoms with van der Waals surface area (Å²) < 4.78 is 0.855. The normalized spacial score (nSPS) is 12.9. The van der Waals surface area contributed by atoms with Crippen molar-refractivity contribution in [2.24, 2.45) is 5.84 Å². The zero-order chi connectivity index (χ0) is 9.14. The topological polar surface area (TPSA) is 58.3 Å². The second-order valence-electron chi connectivity index (χ2n) is 2.59. The smallest absolute Gasteiger partial charge is 0.121 e. The Morgan fingerprint density at radius 2 is 2.25 bits per heavy atom. The quantitative estimate of drug-likeness (QED) is 0.536. The Kier molecular flexibility index (Phi) is 3.08. The number of halogens is 1. The monoisotopic (exact) mass is 230 g/mol. The van der Waals surface area contributed by atoms with Crippen molar-refractivity contribution >= 4 is 15.9 Å². The van der Waals surface area contributed by atoms with Crippen molar-refractivity contribution in [1.82, 2.24) is 5.43 Å². The number of nitrogens with two attached hydrogens (primary N) is 1. The summed E-state index contributed by atoms with van der Waals surface area (Å²) in [6.07, 6.45) is 0. The molecule has 66 valence electrons. The third-order valence-corrected chi connectivity index (χ3v) is 2.20. The highest BCUT2D eigenvalue weighted by molar-refractivity contribution is 9.10. The van der Waals surface area contributed by atoms with E-state index in [0.29, 0.717) is 0 Å². The minimum Gasteiger partial charge on any atom is -0.508 e. The first-order valence-electron chi connectivity index (χ1n) is 3.59. The van der Waals surface area contributed by atoms with E-state index in [9.17, 15) is 5.11 Å². The van der Waals surface area contributed by atoms with Crippen LogP contribution in [0.1, 0.15) is 18.5 Å². The number of aromatic hydroxyl groups is 1. The van der Waals surface area contributed by atoms with E-state index in [1.165, 1.54) is 0 Å². The lowest BCUT2D eigenvalue weighted by molar-refractivity contribution is 0.454. The van der Waals surface area contributed by atoms with Crippen LogP contribution in [0.15, 0.2) is 22.7 Å². The van der Waals surface area contributed by atoms with Crippen molar-refractivity contribution < 1.29 is 5.11 Å². The van der Waals surface area contributed by atoms with Crippen LogP contribution in [0, 0.1) is 0 Å². The molecular weight excluding hydrogens is 220 g/mol. The molecule has 0 aliphatic heterocycles. The lowest BCUT2D eigenvalue weighted by Gasteiger charge is -2.11. The molecule has 1 aromatic rings. The minimum atomic E-state index is -0.0434. The van der Waals surface area contributed by atoms with Crippen LogP contribution in [0.3, 0.4) is 0 Å². The zero-order valence-electron chi connectivity index (χ0n) is 6.71. The van der Waals surface area contributed by atoms with Gasteiger partial charge in [0.15, 0.2) is 0 Å². The van der Waals surface area contributed by atoms with Gasteiger partial charge in [-0.15, -0.1) is 0 Å². The first kappa shape index (κ1) is 9.51. The van der Waals surface area contributed by atoms with Crippen molar-refractivity contribution in [3.63, 3.8) is 0 Å². The first-order valence-corrected chi connectivity index (χ1v) is 4.39. The molecule has 0 aromatic heterocycles. The van der Waals surface area contributed by atoms with Gasteiger partial charge >= 0.3 is 0 Å². The van der Waals surface area contributed by atoms with E-state index in [1.807, 2.05) is 19.1 Å². The molecule has 0 aliphatic rings. The molecule has 0 spiro atoms. The Bertz CT molecular complexity index is 278. The first-order chi connectivity index (χ1) is 5.65. The largest absolute Gasteiger partial charge is 0.508 e. The summed E-state index contributed by atoms with van der Waals surface area (Å²) in [6, 6.07) is 5.29. The fourth-order valence-corrected chi connectivity index (χ4v) is 1.32. The van der Waals surface area contributed by atoms with Crippen LogP contribution in [0.4, 0.5) is 0 Å². The van der Waals surface area contributed by atoms with E-state index in [0.717, 1.165) is 10.0 Å². The number of benzene rings is 1. The highest BCUT2D eigenvalue weighted by Gasteiger charge is 2.07. The van der Waals surface area contributed by atoms with E-state index in [4.69, 9.17) is 5.84 Å². The van der Waals surface area contributed by atoms with Gasteiger partial charge in [0.1, 0.15) is 5.75 Å². The molecule has 4 N–H and O–H groups in total. The van der Waals surface area contributed by atoms with Crippen LogP contribution >= 0.6 is 15.9 Å². The van der Waals surface area contributed by atoms with Gasteiger partial charge in [0, 0.05) is 16.1 Å². The molecule has 0 unspecified atom stereocenters. The van der Waals surface area contributed by atoms with Crippen molar-refractivity contribution in [2.75, 3.05) is 0 Å². The Hall–Kier alpha value is -0.580. The maximum Gasteiger partial charge on any atom is 0.121 e. The number of phenols is 1. The van der Waals surface area contributed by atoms with Crippen molar-refractivity contribution in [1.29, 1.82) is 0 Å². The molecule has 0 radical (unpaired) electrons. The predicted molar refractivity (Wildman–Crippen MR) is 51.5 cm³/mol. The molecule has 0 saturated heterocycles. The van der Waals surface area contributed by atoms with E-state index >= 15 is 0 Å². The Labute approximate surface area is 79.7 Å². The fourth-order valence-electron chi connectivity index (χ4n) is 0.973. The molecule has 0 bridgehead atoms. The molecule has 0 aliphatic carbocycles. The number of rotatable bonds is 2. The summed E-state index contributed by atoms with van der Waals surface area (Å²) in [4.78, 5) is 0. The summed E-state index contributed by atoms with van der Waals surface area (Å²) in [5, 5.41) is 9.47. The summed E-state index contributed by atoms with van der Waals surface area (Å²) in [7, 11) is 0. The second kappa shape index (κ2) is 3.89. The third-order valence-electron chi connectivity index (χ3n) is 1.71. The number of nitrogens with one attached hydrogen (secondary N) is 1. The van der Waals surface area contributed by atoms with Gasteiger partial charge in [-0.2, -0.15) is 0 Å². The lowest BCUT2D eigenvalue weighted by atomic mass is 10.1. The molecule has 1 atom stereocenters. The molecule has 1 rings (SSSR count). The second-order valence-corrected chi connectivity index (χ2v) is 3.51. The van der Waals surface area contributed by atoms with Crippen LogP contribution in [0.2, 0.25) is 0 Å². The van der Waals surface area contributed by atoms with Crippen molar-refractivity contribution in [2.45, 2.75) is 13.0 Å². The standard InChI is InChI=1S/C8H11BrN2O/c1-5(11-10)7-3-2-6(9)4-8(7)12/h2-5,11-12H,10H2,1H3/t5-/m1/s1. The van der Waals surface area contributed by atoms with Crippen LogP contribution in [-0.4, -0.2) is 5.11 Å². The Morgan fingerprint density at radius 1 is 1.58 bits per heavy atom. The van der Waals surface area contributed by atoms with Gasteiger partial charge in [0.2, 0.25) is 0 Å². The molecule has 12 heavy (non-hydrogen) atoms. The molecule has 0 amide bonds. The van der Waals surface area contributed by atoms with Gasteiger partial charge in [-0.05, 0) is 19.1 Å². The van der Waals surface area contributed by atoms with Crippen LogP contribution in [0.5, 0.6) is 5.75 Å². The minimum absolute atomic E-state index is 0.0434. The predicted octanol–water partition coefficient (Wildman–Crippen LogP) is 1.68. The summed E-state index contributed by atoms with van der Waals surface area (Å²) in [5.41, 5.74) is 3.36. The number of hydrogen-bond donors (Lipinski definition) is 3. The van der Waals surface area contributed by atoms with Crippen LogP contribution < -0.4 is 11.3 Å². The van der Waals surface area contributed by atoms with Gasteiger partial charge in [0.05, 0.1) is 0 Å². The van der Waals surface area contributed by atoms with E-state index in [2.05, 4.69) is 21.4 Å². The van der Waals surface area contributed by atoms with E-state index in [1.54, 1.807) is 6.07 Å². The number of hydrogen-bond acceptors (Lipinski definition) is 3. The van der Waals surface area contributed by atoms with Crippen molar-refractivity contribution in [3.8, 4) is 5.75 Å². The molecule has 0 fully saturated rings. The highest BCUT2D eigenvalue weighted by atomic mass is 79.9. The third kappa shape index (κ3) is 1.97. The van der Waals surface area contributed by atoms with Gasteiger partial charge in [-0.1, -0.05) is 22.0 Å². The molecule has 1 aromatic carbocycles. The lowest BCUT2D eigenvalue weighted by Crippen LogP contribution is -2.25. The SMILES string of the molecule is C[C@@H](NN)c1ccc(Br)cc1O. The summed E-state index contributed by atoms with van der Waals surface area (Å²) in [5.74, 6) is 5.48. The van der Waals surface area contributed by atoms with E-state index < -0.39 is 0 Å². The van der Waals surface area contributed by atoms with Gasteiger partial charge in [-0.25, -0.2) is 0 Å². The number of phenolic OH excluding ortho intramolecular Hbond substituents is 1. The maximum absolute atomic E-state index is 9.47. The number of hydrazine groups is 1.